The number of amides is 2. The average Bonchev–Trinajstić information content (AvgIpc) is 3.21. The van der Waals surface area contributed by atoms with E-state index in [9.17, 15) is 9.59 Å². The van der Waals surface area contributed by atoms with Crippen molar-refractivity contribution in [1.82, 2.24) is 19.7 Å². The minimum absolute atomic E-state index is 0.186. The van der Waals surface area contributed by atoms with Gasteiger partial charge in [0.15, 0.2) is 12.0 Å². The van der Waals surface area contributed by atoms with Crippen LogP contribution in [0.3, 0.4) is 0 Å². The fourth-order valence-corrected chi connectivity index (χ4v) is 3.47. The van der Waals surface area contributed by atoms with Gasteiger partial charge in [0.1, 0.15) is 28.9 Å². The highest BCUT2D eigenvalue weighted by molar-refractivity contribution is 6.04. The van der Waals surface area contributed by atoms with Crippen molar-refractivity contribution in [2.45, 2.75) is 26.2 Å². The van der Waals surface area contributed by atoms with Gasteiger partial charge in [-0.1, -0.05) is 0 Å². The topological polar surface area (TPSA) is 117 Å². The molecule has 0 saturated carbocycles. The lowest BCUT2D eigenvalue weighted by Crippen LogP contribution is -2.42. The molecular formula is C24H27N5O6. The molecule has 0 bridgehead atoms. The Morgan fingerprint density at radius 1 is 1.23 bits per heavy atom. The molecule has 0 fully saturated rings. The van der Waals surface area contributed by atoms with E-state index in [0.29, 0.717) is 40.8 Å². The van der Waals surface area contributed by atoms with Crippen molar-refractivity contribution in [3.05, 3.63) is 53.9 Å². The van der Waals surface area contributed by atoms with Gasteiger partial charge in [0, 0.05) is 57.4 Å². The number of pyridine rings is 1. The monoisotopic (exact) mass is 481 g/mol. The maximum Gasteiger partial charge on any atom is 0.261 e. The summed E-state index contributed by atoms with van der Waals surface area (Å²) >= 11 is 0. The number of fused-ring (bicyclic) bond motifs is 1. The van der Waals surface area contributed by atoms with Gasteiger partial charge in [0.2, 0.25) is 5.88 Å². The Bertz CT molecular complexity index is 1240. The van der Waals surface area contributed by atoms with Gasteiger partial charge in [0.25, 0.3) is 11.8 Å². The van der Waals surface area contributed by atoms with Crippen molar-refractivity contribution < 1.29 is 28.5 Å². The zero-order chi connectivity index (χ0) is 25.1. The maximum absolute atomic E-state index is 12.9. The molecule has 2 amide bonds. The second-order valence-electron chi connectivity index (χ2n) is 8.16. The number of benzene rings is 1. The Balaban J connectivity index is 1.62. The van der Waals surface area contributed by atoms with Crippen LogP contribution in [0.2, 0.25) is 0 Å². The number of aromatic nitrogens is 3. The van der Waals surface area contributed by atoms with E-state index in [1.54, 1.807) is 69.3 Å². The Morgan fingerprint density at radius 2 is 2.00 bits per heavy atom. The van der Waals surface area contributed by atoms with Gasteiger partial charge in [-0.3, -0.25) is 14.3 Å². The highest BCUT2D eigenvalue weighted by atomic mass is 16.5. The van der Waals surface area contributed by atoms with E-state index in [4.69, 9.17) is 18.9 Å². The number of nitrogens with zero attached hydrogens (tertiary/aromatic N) is 4. The fourth-order valence-electron chi connectivity index (χ4n) is 3.47. The summed E-state index contributed by atoms with van der Waals surface area (Å²) in [6.07, 6.45) is 2.45. The molecule has 1 aliphatic heterocycles. The van der Waals surface area contributed by atoms with Gasteiger partial charge in [-0.05, 0) is 26.0 Å². The van der Waals surface area contributed by atoms with Crippen LogP contribution in [0.25, 0.3) is 0 Å². The standard InChI is InChI=1S/C24H27N5O6/c1-14(13-32-5)33-17-8-16(23(30)26-21-6-7-28(3)27-21)9-18(10-17)35-22-11-20-19(12-25-22)24(31)29(4)15(2)34-20/h6-12,14-15H,13H2,1-5H3,(H,26,27,30). The highest BCUT2D eigenvalue weighted by Gasteiger charge is 2.29. The Hall–Kier alpha value is -4.12. The molecule has 11 nitrogen and oxygen atoms in total. The number of methoxy groups -OCH3 is 1. The molecule has 11 heteroatoms. The molecule has 0 spiro atoms. The second-order valence-corrected chi connectivity index (χ2v) is 8.16. The molecule has 184 valence electrons. The van der Waals surface area contributed by atoms with Crippen LogP contribution in [0.5, 0.6) is 23.1 Å². The van der Waals surface area contributed by atoms with Crippen LogP contribution in [0, 0.1) is 0 Å². The lowest BCUT2D eigenvalue weighted by atomic mass is 10.1. The summed E-state index contributed by atoms with van der Waals surface area (Å²) in [6, 6.07) is 8.05. The van der Waals surface area contributed by atoms with Gasteiger partial charge >= 0.3 is 0 Å². The molecule has 1 aliphatic rings. The minimum atomic E-state index is -0.425. The first-order chi connectivity index (χ1) is 16.7. The highest BCUT2D eigenvalue weighted by Crippen LogP contribution is 2.33. The summed E-state index contributed by atoms with van der Waals surface area (Å²) in [6.45, 7) is 3.99. The molecular weight excluding hydrogens is 454 g/mol. The third kappa shape index (κ3) is 5.52. The van der Waals surface area contributed by atoms with Crippen molar-refractivity contribution in [3.63, 3.8) is 0 Å². The van der Waals surface area contributed by atoms with E-state index in [1.165, 1.54) is 11.1 Å². The van der Waals surface area contributed by atoms with E-state index in [2.05, 4.69) is 15.4 Å². The summed E-state index contributed by atoms with van der Waals surface area (Å²) in [5.41, 5.74) is 0.645. The van der Waals surface area contributed by atoms with Gasteiger partial charge in [-0.2, -0.15) is 5.10 Å². The third-order valence-corrected chi connectivity index (χ3v) is 5.29. The smallest absolute Gasteiger partial charge is 0.261 e. The number of ether oxygens (including phenoxy) is 4. The number of carbonyl (C=O) groups is 2. The number of hydrogen-bond donors (Lipinski definition) is 1. The van der Waals surface area contributed by atoms with Crippen LogP contribution in [0.15, 0.2) is 42.7 Å². The van der Waals surface area contributed by atoms with Crippen LogP contribution < -0.4 is 19.5 Å². The van der Waals surface area contributed by atoms with Crippen molar-refractivity contribution in [2.75, 3.05) is 26.1 Å². The van der Waals surface area contributed by atoms with Crippen molar-refractivity contribution in [2.24, 2.45) is 7.05 Å². The van der Waals surface area contributed by atoms with E-state index in [-0.39, 0.29) is 23.8 Å². The first-order valence-corrected chi connectivity index (χ1v) is 11.0. The van der Waals surface area contributed by atoms with Crippen LogP contribution in [0.4, 0.5) is 5.82 Å². The maximum atomic E-state index is 12.9. The summed E-state index contributed by atoms with van der Waals surface area (Å²) < 4.78 is 24.4. The Kier molecular flexibility index (Phi) is 6.87. The lowest BCUT2D eigenvalue weighted by Gasteiger charge is -2.31. The average molecular weight is 482 g/mol. The summed E-state index contributed by atoms with van der Waals surface area (Å²) in [5.74, 6) is 1.15. The molecule has 3 aromatic rings. The zero-order valence-corrected chi connectivity index (χ0v) is 20.1. The minimum Gasteiger partial charge on any atom is -0.488 e. The zero-order valence-electron chi connectivity index (χ0n) is 20.1. The number of anilines is 1. The molecule has 2 unspecified atom stereocenters. The van der Waals surface area contributed by atoms with Gasteiger partial charge < -0.3 is 29.2 Å². The predicted octanol–water partition coefficient (Wildman–Crippen LogP) is 3.08. The fraction of sp³-hybridized carbons (Fsp3) is 0.333. The van der Waals surface area contributed by atoms with E-state index < -0.39 is 6.23 Å². The molecule has 4 rings (SSSR count). The normalized spacial score (nSPS) is 15.7. The summed E-state index contributed by atoms with van der Waals surface area (Å²) in [4.78, 5) is 31.1. The molecule has 35 heavy (non-hydrogen) atoms. The summed E-state index contributed by atoms with van der Waals surface area (Å²) in [7, 11) is 5.00. The van der Waals surface area contributed by atoms with Crippen LogP contribution in [-0.2, 0) is 11.8 Å². The number of rotatable bonds is 8. The quantitative estimate of drug-likeness (QED) is 0.522. The Labute approximate surface area is 202 Å². The third-order valence-electron chi connectivity index (χ3n) is 5.29. The first kappa shape index (κ1) is 24.0. The number of hydrogen-bond acceptors (Lipinski definition) is 8. The van der Waals surface area contributed by atoms with E-state index >= 15 is 0 Å². The van der Waals surface area contributed by atoms with Crippen LogP contribution >= 0.6 is 0 Å². The SMILES string of the molecule is COCC(C)Oc1cc(Oc2cc3c(cn2)C(=O)N(C)C(C)O3)cc(C(=O)Nc2ccn(C)n2)c1. The van der Waals surface area contributed by atoms with Crippen LogP contribution in [0.1, 0.15) is 34.6 Å². The molecule has 0 saturated heterocycles. The lowest BCUT2D eigenvalue weighted by molar-refractivity contribution is 0.0291. The predicted molar refractivity (Wildman–Crippen MR) is 126 cm³/mol. The molecule has 0 radical (unpaired) electrons. The van der Waals surface area contributed by atoms with Crippen molar-refractivity contribution in [3.8, 4) is 23.1 Å². The largest absolute Gasteiger partial charge is 0.488 e. The Morgan fingerprint density at radius 3 is 2.71 bits per heavy atom. The molecule has 1 aromatic carbocycles. The molecule has 1 N–H and O–H groups in total. The van der Waals surface area contributed by atoms with Crippen molar-refractivity contribution >= 4 is 17.6 Å². The molecule has 2 aromatic heterocycles. The van der Waals surface area contributed by atoms with E-state index in [1.807, 2.05) is 6.92 Å². The second kappa shape index (κ2) is 10.0. The number of carbonyl (C=O) groups excluding carboxylic acids is 2. The first-order valence-electron chi connectivity index (χ1n) is 11.0. The van der Waals surface area contributed by atoms with Gasteiger partial charge in [-0.15, -0.1) is 0 Å². The number of nitrogens with one attached hydrogen (secondary N) is 1. The van der Waals surface area contributed by atoms with Crippen LogP contribution in [-0.4, -0.2) is 64.6 Å². The molecule has 2 atom stereocenters. The molecule has 3 heterocycles. The van der Waals surface area contributed by atoms with Crippen molar-refractivity contribution in [1.29, 1.82) is 0 Å². The number of aryl methyl sites for hydroxylation is 1. The summed E-state index contributed by atoms with van der Waals surface area (Å²) in [5, 5.41) is 6.92. The van der Waals surface area contributed by atoms with E-state index in [0.717, 1.165) is 0 Å². The van der Waals surface area contributed by atoms with Gasteiger partial charge in [0.05, 0.1) is 6.61 Å². The van der Waals surface area contributed by atoms with Gasteiger partial charge in [-0.25, -0.2) is 4.98 Å². The molecule has 0 aliphatic carbocycles.